The number of rotatable bonds is 2. The van der Waals surface area contributed by atoms with Crippen LogP contribution >= 0.6 is 0 Å². The molecule has 0 spiro atoms. The zero-order valence-corrected chi connectivity index (χ0v) is 8.19. The molecule has 0 aromatic rings. The minimum absolute atomic E-state index is 0.136. The van der Waals surface area contributed by atoms with E-state index in [1.807, 2.05) is 6.07 Å². The standard InChI is InChI=1S/C10H14N2O2/c1-6(5-11)10(13)12-8-4-7-2-3-9(8)14-7/h6-9H,2-4H2,1H3,(H,12,13). The smallest absolute Gasteiger partial charge is 0.237 e. The van der Waals surface area contributed by atoms with Crippen LogP contribution in [0.4, 0.5) is 0 Å². The number of amides is 1. The van der Waals surface area contributed by atoms with Gasteiger partial charge in [0.2, 0.25) is 5.91 Å². The third-order valence-corrected chi connectivity index (χ3v) is 3.02. The second-order valence-corrected chi connectivity index (χ2v) is 4.08. The molecule has 2 fully saturated rings. The molecule has 4 atom stereocenters. The Morgan fingerprint density at radius 1 is 1.64 bits per heavy atom. The monoisotopic (exact) mass is 194 g/mol. The number of hydrogen-bond acceptors (Lipinski definition) is 3. The van der Waals surface area contributed by atoms with Gasteiger partial charge in [-0.2, -0.15) is 5.26 Å². The summed E-state index contributed by atoms with van der Waals surface area (Å²) in [5.74, 6) is -0.734. The second kappa shape index (κ2) is 3.58. The Morgan fingerprint density at radius 3 is 2.93 bits per heavy atom. The van der Waals surface area contributed by atoms with E-state index in [-0.39, 0.29) is 18.1 Å². The Balaban J connectivity index is 1.87. The molecule has 76 valence electrons. The minimum atomic E-state index is -0.561. The van der Waals surface area contributed by atoms with Crippen LogP contribution in [0.3, 0.4) is 0 Å². The number of ether oxygens (including phenoxy) is 1. The number of carbonyl (C=O) groups excluding carboxylic acids is 1. The van der Waals surface area contributed by atoms with Gasteiger partial charge in [0.05, 0.1) is 24.3 Å². The first-order chi connectivity index (χ1) is 6.70. The summed E-state index contributed by atoms with van der Waals surface area (Å²) in [6, 6.07) is 2.07. The summed E-state index contributed by atoms with van der Waals surface area (Å²) < 4.78 is 5.60. The summed E-state index contributed by atoms with van der Waals surface area (Å²) in [6.07, 6.45) is 3.59. The molecule has 0 aromatic heterocycles. The summed E-state index contributed by atoms with van der Waals surface area (Å²) in [6.45, 7) is 1.61. The number of carbonyl (C=O) groups is 1. The zero-order valence-electron chi connectivity index (χ0n) is 8.19. The molecule has 14 heavy (non-hydrogen) atoms. The van der Waals surface area contributed by atoms with Crippen LogP contribution in [0, 0.1) is 17.2 Å². The van der Waals surface area contributed by atoms with Gasteiger partial charge in [-0.3, -0.25) is 4.79 Å². The van der Waals surface area contributed by atoms with Crippen molar-refractivity contribution in [2.45, 2.75) is 44.4 Å². The van der Waals surface area contributed by atoms with Gasteiger partial charge in [-0.25, -0.2) is 0 Å². The van der Waals surface area contributed by atoms with Crippen molar-refractivity contribution in [1.29, 1.82) is 5.26 Å². The molecule has 2 rings (SSSR count). The van der Waals surface area contributed by atoms with Gasteiger partial charge in [0.1, 0.15) is 5.92 Å². The highest BCUT2D eigenvalue weighted by molar-refractivity contribution is 5.81. The Morgan fingerprint density at radius 2 is 2.43 bits per heavy atom. The van der Waals surface area contributed by atoms with Crippen LogP contribution in [-0.4, -0.2) is 24.2 Å². The molecule has 4 unspecified atom stereocenters. The first-order valence-corrected chi connectivity index (χ1v) is 5.06. The van der Waals surface area contributed by atoms with Gasteiger partial charge >= 0.3 is 0 Å². The molecule has 2 aliphatic heterocycles. The van der Waals surface area contributed by atoms with Crippen LogP contribution < -0.4 is 5.32 Å². The number of nitriles is 1. The van der Waals surface area contributed by atoms with E-state index in [9.17, 15) is 4.79 Å². The normalized spacial score (nSPS) is 36.4. The van der Waals surface area contributed by atoms with Crippen molar-refractivity contribution in [2.75, 3.05) is 0 Å². The number of nitrogens with one attached hydrogen (secondary N) is 1. The highest BCUT2D eigenvalue weighted by Crippen LogP contribution is 2.34. The van der Waals surface area contributed by atoms with E-state index in [1.165, 1.54) is 0 Å². The lowest BCUT2D eigenvalue weighted by Gasteiger charge is -2.20. The molecule has 1 N–H and O–H groups in total. The SMILES string of the molecule is CC(C#N)C(=O)NC1CC2CCC1O2. The molecule has 0 saturated carbocycles. The molecular formula is C10H14N2O2. The predicted octanol–water partition coefficient (Wildman–Crippen LogP) is 0.582. The molecule has 2 saturated heterocycles. The fourth-order valence-electron chi connectivity index (χ4n) is 2.16. The molecule has 2 aliphatic rings. The number of hydrogen-bond donors (Lipinski definition) is 1. The Bertz CT molecular complexity index is 284. The average Bonchev–Trinajstić information content (AvgIpc) is 2.77. The van der Waals surface area contributed by atoms with Crippen molar-refractivity contribution in [1.82, 2.24) is 5.32 Å². The lowest BCUT2D eigenvalue weighted by molar-refractivity contribution is -0.124. The minimum Gasteiger partial charge on any atom is -0.373 e. The maximum absolute atomic E-state index is 11.4. The van der Waals surface area contributed by atoms with Gasteiger partial charge in [0.15, 0.2) is 0 Å². The first kappa shape index (κ1) is 9.47. The van der Waals surface area contributed by atoms with Crippen LogP contribution in [0.5, 0.6) is 0 Å². The fourth-order valence-corrected chi connectivity index (χ4v) is 2.16. The Hall–Kier alpha value is -1.08. The lowest BCUT2D eigenvalue weighted by Crippen LogP contribution is -2.43. The summed E-state index contributed by atoms with van der Waals surface area (Å²) in [4.78, 5) is 11.4. The number of fused-ring (bicyclic) bond motifs is 2. The van der Waals surface area contributed by atoms with Gasteiger partial charge in [0, 0.05) is 0 Å². The zero-order chi connectivity index (χ0) is 10.1. The van der Waals surface area contributed by atoms with Crippen molar-refractivity contribution >= 4 is 5.91 Å². The maximum Gasteiger partial charge on any atom is 0.237 e. The van der Waals surface area contributed by atoms with Gasteiger partial charge in [0.25, 0.3) is 0 Å². The molecule has 1 amide bonds. The van der Waals surface area contributed by atoms with Crippen molar-refractivity contribution in [3.8, 4) is 6.07 Å². The molecule has 4 heteroatoms. The fraction of sp³-hybridized carbons (Fsp3) is 0.800. The van der Waals surface area contributed by atoms with Crippen molar-refractivity contribution in [3.05, 3.63) is 0 Å². The lowest BCUT2D eigenvalue weighted by atomic mass is 9.95. The third-order valence-electron chi connectivity index (χ3n) is 3.02. The van der Waals surface area contributed by atoms with E-state index in [4.69, 9.17) is 10.00 Å². The van der Waals surface area contributed by atoms with E-state index in [1.54, 1.807) is 6.92 Å². The summed E-state index contributed by atoms with van der Waals surface area (Å²) in [5, 5.41) is 11.4. The highest BCUT2D eigenvalue weighted by atomic mass is 16.5. The van der Waals surface area contributed by atoms with Crippen LogP contribution in [0.25, 0.3) is 0 Å². The summed E-state index contributed by atoms with van der Waals surface area (Å²) >= 11 is 0. The molecule has 0 aliphatic carbocycles. The van der Waals surface area contributed by atoms with E-state index in [0.717, 1.165) is 19.3 Å². The third kappa shape index (κ3) is 1.60. The van der Waals surface area contributed by atoms with Crippen LogP contribution in [0.1, 0.15) is 26.2 Å². The molecule has 0 radical (unpaired) electrons. The van der Waals surface area contributed by atoms with Crippen LogP contribution in [0.15, 0.2) is 0 Å². The van der Waals surface area contributed by atoms with Crippen molar-refractivity contribution in [3.63, 3.8) is 0 Å². The highest BCUT2D eigenvalue weighted by Gasteiger charge is 2.41. The maximum atomic E-state index is 11.4. The average molecular weight is 194 g/mol. The molecule has 0 aromatic carbocycles. The second-order valence-electron chi connectivity index (χ2n) is 4.08. The van der Waals surface area contributed by atoms with Gasteiger partial charge in [-0.1, -0.05) is 0 Å². The molecular weight excluding hydrogens is 180 g/mol. The van der Waals surface area contributed by atoms with Gasteiger partial charge < -0.3 is 10.1 Å². The predicted molar refractivity (Wildman–Crippen MR) is 49.2 cm³/mol. The summed E-state index contributed by atoms with van der Waals surface area (Å²) in [5.41, 5.74) is 0. The van der Waals surface area contributed by atoms with Crippen molar-refractivity contribution in [2.24, 2.45) is 5.92 Å². The molecule has 4 nitrogen and oxygen atoms in total. The van der Waals surface area contributed by atoms with Crippen molar-refractivity contribution < 1.29 is 9.53 Å². The largest absolute Gasteiger partial charge is 0.373 e. The molecule has 2 bridgehead atoms. The first-order valence-electron chi connectivity index (χ1n) is 5.06. The van der Waals surface area contributed by atoms with E-state index in [2.05, 4.69) is 5.32 Å². The van der Waals surface area contributed by atoms with E-state index >= 15 is 0 Å². The Labute approximate surface area is 83.2 Å². The molecule has 2 heterocycles. The Kier molecular flexibility index (Phi) is 2.42. The van der Waals surface area contributed by atoms with E-state index in [0.29, 0.717) is 6.10 Å². The van der Waals surface area contributed by atoms with Gasteiger partial charge in [-0.15, -0.1) is 0 Å². The summed E-state index contributed by atoms with van der Waals surface area (Å²) in [7, 11) is 0. The van der Waals surface area contributed by atoms with Crippen LogP contribution in [-0.2, 0) is 9.53 Å². The van der Waals surface area contributed by atoms with Crippen LogP contribution in [0.2, 0.25) is 0 Å². The topological polar surface area (TPSA) is 62.1 Å². The van der Waals surface area contributed by atoms with Gasteiger partial charge in [-0.05, 0) is 26.2 Å². The van der Waals surface area contributed by atoms with E-state index < -0.39 is 5.92 Å². The number of nitrogens with zero attached hydrogens (tertiary/aromatic N) is 1. The quantitative estimate of drug-likeness (QED) is 0.699.